The fraction of sp³-hybridized carbons (Fsp3) is 0.333. The Morgan fingerprint density at radius 2 is 2.10 bits per heavy atom. The lowest BCUT2D eigenvalue weighted by atomic mass is 10.2. The fourth-order valence-electron chi connectivity index (χ4n) is 2.44. The molecule has 110 valence electrons. The molecule has 1 amide bonds. The van der Waals surface area contributed by atoms with Crippen molar-refractivity contribution in [2.24, 2.45) is 0 Å². The number of aromatic nitrogens is 1. The number of H-pyrrole nitrogens is 1. The molecule has 0 saturated carbocycles. The van der Waals surface area contributed by atoms with Crippen LogP contribution in [0, 0.1) is 0 Å². The highest BCUT2D eigenvalue weighted by atomic mass is 16.3. The number of pyridine rings is 1. The van der Waals surface area contributed by atoms with E-state index >= 15 is 0 Å². The largest absolute Gasteiger partial charge is 0.463 e. The van der Waals surface area contributed by atoms with E-state index < -0.39 is 0 Å². The van der Waals surface area contributed by atoms with Crippen molar-refractivity contribution in [1.29, 1.82) is 0 Å². The van der Waals surface area contributed by atoms with E-state index in [-0.39, 0.29) is 17.0 Å². The van der Waals surface area contributed by atoms with Crippen molar-refractivity contribution in [3.63, 3.8) is 0 Å². The molecule has 0 atom stereocenters. The van der Waals surface area contributed by atoms with Gasteiger partial charge in [-0.05, 0) is 37.2 Å². The number of amides is 1. The standard InChI is InChI=1S/C15H17N3O3/c19-14-11(15(20)18-8-2-6-16-7-9-18)4-5-12(17-14)13-3-1-10-21-13/h1,3-5,10,16H,2,6-9H2,(H,17,19). The van der Waals surface area contributed by atoms with Gasteiger partial charge in [0.2, 0.25) is 0 Å². The van der Waals surface area contributed by atoms with Gasteiger partial charge in [0.25, 0.3) is 11.5 Å². The predicted molar refractivity (Wildman–Crippen MR) is 78.2 cm³/mol. The monoisotopic (exact) mass is 287 g/mol. The van der Waals surface area contributed by atoms with Gasteiger partial charge >= 0.3 is 0 Å². The molecule has 0 aromatic carbocycles. The second-order valence-corrected chi connectivity index (χ2v) is 4.99. The van der Waals surface area contributed by atoms with E-state index in [0.717, 1.165) is 19.5 Å². The molecule has 1 aliphatic heterocycles. The average molecular weight is 287 g/mol. The Labute approximate surface area is 121 Å². The van der Waals surface area contributed by atoms with Crippen LogP contribution in [0.3, 0.4) is 0 Å². The summed E-state index contributed by atoms with van der Waals surface area (Å²) in [5.74, 6) is 0.357. The van der Waals surface area contributed by atoms with E-state index in [1.165, 1.54) is 6.26 Å². The number of nitrogens with zero attached hydrogens (tertiary/aromatic N) is 1. The number of carbonyl (C=O) groups is 1. The summed E-state index contributed by atoms with van der Waals surface area (Å²) in [6, 6.07) is 6.77. The van der Waals surface area contributed by atoms with E-state index in [1.807, 2.05) is 0 Å². The van der Waals surface area contributed by atoms with Gasteiger partial charge in [-0.3, -0.25) is 9.59 Å². The normalized spacial score (nSPS) is 15.7. The number of carbonyl (C=O) groups excluding carboxylic acids is 1. The minimum atomic E-state index is -0.383. The summed E-state index contributed by atoms with van der Waals surface area (Å²) in [7, 11) is 0. The maximum absolute atomic E-state index is 12.4. The molecule has 6 heteroatoms. The van der Waals surface area contributed by atoms with Crippen LogP contribution >= 0.6 is 0 Å². The number of rotatable bonds is 2. The minimum Gasteiger partial charge on any atom is -0.463 e. The van der Waals surface area contributed by atoms with Gasteiger partial charge in [0, 0.05) is 19.6 Å². The molecule has 21 heavy (non-hydrogen) atoms. The molecule has 0 spiro atoms. The Hall–Kier alpha value is -2.34. The lowest BCUT2D eigenvalue weighted by Crippen LogP contribution is -2.37. The summed E-state index contributed by atoms with van der Waals surface area (Å²) in [5.41, 5.74) is 0.359. The third-order valence-corrected chi connectivity index (χ3v) is 3.55. The zero-order valence-corrected chi connectivity index (χ0v) is 11.6. The van der Waals surface area contributed by atoms with E-state index in [1.54, 1.807) is 29.2 Å². The van der Waals surface area contributed by atoms with Crippen molar-refractivity contribution >= 4 is 5.91 Å². The van der Waals surface area contributed by atoms with Crippen LogP contribution in [-0.4, -0.2) is 42.0 Å². The highest BCUT2D eigenvalue weighted by molar-refractivity contribution is 5.94. The summed E-state index contributed by atoms with van der Waals surface area (Å²) < 4.78 is 5.23. The van der Waals surface area contributed by atoms with E-state index in [0.29, 0.717) is 24.5 Å². The van der Waals surface area contributed by atoms with Gasteiger partial charge in [-0.15, -0.1) is 0 Å². The van der Waals surface area contributed by atoms with Crippen molar-refractivity contribution in [2.45, 2.75) is 6.42 Å². The molecule has 2 N–H and O–H groups in total. The molecule has 1 fully saturated rings. The van der Waals surface area contributed by atoms with E-state index in [4.69, 9.17) is 4.42 Å². The van der Waals surface area contributed by atoms with Crippen LogP contribution < -0.4 is 10.9 Å². The number of aromatic amines is 1. The summed E-state index contributed by atoms with van der Waals surface area (Å²) in [6.45, 7) is 2.95. The Balaban J connectivity index is 1.85. The summed E-state index contributed by atoms with van der Waals surface area (Å²) in [5, 5.41) is 3.23. The molecule has 0 unspecified atom stereocenters. The zero-order valence-electron chi connectivity index (χ0n) is 11.6. The average Bonchev–Trinajstić information content (AvgIpc) is 2.89. The Morgan fingerprint density at radius 3 is 2.86 bits per heavy atom. The molecule has 6 nitrogen and oxygen atoms in total. The summed E-state index contributed by atoms with van der Waals surface area (Å²) in [6.07, 6.45) is 2.44. The van der Waals surface area contributed by atoms with Crippen LogP contribution in [0.1, 0.15) is 16.8 Å². The third-order valence-electron chi connectivity index (χ3n) is 3.55. The smallest absolute Gasteiger partial charge is 0.261 e. The quantitative estimate of drug-likeness (QED) is 0.866. The van der Waals surface area contributed by atoms with Gasteiger partial charge in [0.1, 0.15) is 11.3 Å². The van der Waals surface area contributed by atoms with E-state index in [2.05, 4.69) is 10.3 Å². The lowest BCUT2D eigenvalue weighted by molar-refractivity contribution is 0.0764. The number of furan rings is 1. The van der Waals surface area contributed by atoms with Crippen molar-refractivity contribution in [1.82, 2.24) is 15.2 Å². The minimum absolute atomic E-state index is 0.173. The van der Waals surface area contributed by atoms with Crippen molar-refractivity contribution in [3.05, 3.63) is 46.4 Å². The summed E-state index contributed by atoms with van der Waals surface area (Å²) in [4.78, 5) is 29.0. The number of hydrogen-bond donors (Lipinski definition) is 2. The van der Waals surface area contributed by atoms with Crippen LogP contribution in [-0.2, 0) is 0 Å². The molecular weight excluding hydrogens is 270 g/mol. The summed E-state index contributed by atoms with van der Waals surface area (Å²) >= 11 is 0. The van der Waals surface area contributed by atoms with Crippen LogP contribution in [0.5, 0.6) is 0 Å². The molecule has 2 aromatic heterocycles. The Kier molecular flexibility index (Phi) is 3.87. The van der Waals surface area contributed by atoms with Crippen LogP contribution in [0.25, 0.3) is 11.5 Å². The van der Waals surface area contributed by atoms with Gasteiger partial charge in [-0.25, -0.2) is 0 Å². The Bertz CT molecular complexity index is 668. The molecule has 0 bridgehead atoms. The molecule has 3 rings (SSSR count). The van der Waals surface area contributed by atoms with Crippen LogP contribution in [0.15, 0.2) is 39.7 Å². The first-order chi connectivity index (χ1) is 10.3. The molecular formula is C15H17N3O3. The van der Waals surface area contributed by atoms with Crippen molar-refractivity contribution in [2.75, 3.05) is 26.2 Å². The molecule has 2 aromatic rings. The van der Waals surface area contributed by atoms with Crippen molar-refractivity contribution in [3.8, 4) is 11.5 Å². The van der Waals surface area contributed by atoms with E-state index in [9.17, 15) is 9.59 Å². The highest BCUT2D eigenvalue weighted by Gasteiger charge is 2.20. The lowest BCUT2D eigenvalue weighted by Gasteiger charge is -2.19. The van der Waals surface area contributed by atoms with Crippen LogP contribution in [0.2, 0.25) is 0 Å². The molecule has 1 aliphatic rings. The first-order valence-electron chi connectivity index (χ1n) is 7.03. The third kappa shape index (κ3) is 2.90. The first kappa shape index (κ1) is 13.6. The zero-order chi connectivity index (χ0) is 14.7. The van der Waals surface area contributed by atoms with Crippen molar-refractivity contribution < 1.29 is 9.21 Å². The predicted octanol–water partition coefficient (Wildman–Crippen LogP) is 1.07. The second kappa shape index (κ2) is 5.97. The van der Waals surface area contributed by atoms with Gasteiger partial charge in [0.15, 0.2) is 0 Å². The molecule has 0 radical (unpaired) electrons. The van der Waals surface area contributed by atoms with Crippen LogP contribution in [0.4, 0.5) is 0 Å². The van der Waals surface area contributed by atoms with Gasteiger partial charge in [-0.2, -0.15) is 0 Å². The fourth-order valence-corrected chi connectivity index (χ4v) is 2.44. The second-order valence-electron chi connectivity index (χ2n) is 4.99. The first-order valence-corrected chi connectivity index (χ1v) is 7.03. The van der Waals surface area contributed by atoms with Gasteiger partial charge in [0.05, 0.1) is 12.0 Å². The highest BCUT2D eigenvalue weighted by Crippen LogP contribution is 2.16. The Morgan fingerprint density at radius 1 is 1.19 bits per heavy atom. The molecule has 1 saturated heterocycles. The maximum atomic E-state index is 12.4. The number of hydrogen-bond acceptors (Lipinski definition) is 4. The van der Waals surface area contributed by atoms with Gasteiger partial charge < -0.3 is 19.6 Å². The molecule has 3 heterocycles. The topological polar surface area (TPSA) is 78.3 Å². The maximum Gasteiger partial charge on any atom is 0.261 e. The molecule has 0 aliphatic carbocycles. The SMILES string of the molecule is O=C(c1ccc(-c2ccco2)[nH]c1=O)N1CCCNCC1. The number of nitrogens with one attached hydrogen (secondary N) is 2. The van der Waals surface area contributed by atoms with Gasteiger partial charge in [-0.1, -0.05) is 0 Å².